The standard InChI is InChI=1S/C18H23N3O2/c1-13-11-19-14(2)18(20-13)23-16-7-6-15(10-17(16)22-3)12-21-8-4-5-9-21/h6-7,10-11H,4-5,8-9,12H2,1-3H3. The molecule has 2 heterocycles. The van der Waals surface area contributed by atoms with Gasteiger partial charge in [-0.3, -0.25) is 9.88 Å². The summed E-state index contributed by atoms with van der Waals surface area (Å²) < 4.78 is 11.4. The van der Waals surface area contributed by atoms with Gasteiger partial charge in [0.15, 0.2) is 11.5 Å². The molecule has 0 N–H and O–H groups in total. The van der Waals surface area contributed by atoms with E-state index in [1.807, 2.05) is 26.0 Å². The molecule has 1 fully saturated rings. The van der Waals surface area contributed by atoms with Gasteiger partial charge in [-0.25, -0.2) is 4.98 Å². The maximum atomic E-state index is 5.92. The van der Waals surface area contributed by atoms with Crippen LogP contribution in [0.2, 0.25) is 0 Å². The topological polar surface area (TPSA) is 47.5 Å². The molecular weight excluding hydrogens is 290 g/mol. The summed E-state index contributed by atoms with van der Waals surface area (Å²) in [6, 6.07) is 6.09. The second-order valence-corrected chi connectivity index (χ2v) is 5.97. The summed E-state index contributed by atoms with van der Waals surface area (Å²) >= 11 is 0. The van der Waals surface area contributed by atoms with Gasteiger partial charge in [0.2, 0.25) is 5.88 Å². The molecule has 1 aliphatic heterocycles. The first-order chi connectivity index (χ1) is 11.2. The van der Waals surface area contributed by atoms with E-state index in [1.54, 1.807) is 13.3 Å². The van der Waals surface area contributed by atoms with Crippen molar-refractivity contribution in [2.45, 2.75) is 33.2 Å². The third-order valence-corrected chi connectivity index (χ3v) is 4.07. The fourth-order valence-electron chi connectivity index (χ4n) is 2.81. The molecule has 3 rings (SSSR count). The van der Waals surface area contributed by atoms with Gasteiger partial charge >= 0.3 is 0 Å². The van der Waals surface area contributed by atoms with Gasteiger partial charge in [-0.1, -0.05) is 6.07 Å². The predicted octanol–water partition coefficient (Wildman–Crippen LogP) is 3.49. The lowest BCUT2D eigenvalue weighted by molar-refractivity contribution is 0.329. The molecule has 0 atom stereocenters. The summed E-state index contributed by atoms with van der Waals surface area (Å²) in [7, 11) is 1.66. The Balaban J connectivity index is 1.80. The second-order valence-electron chi connectivity index (χ2n) is 5.97. The Morgan fingerprint density at radius 1 is 1.13 bits per heavy atom. The molecule has 0 unspecified atom stereocenters. The van der Waals surface area contributed by atoms with E-state index in [2.05, 4.69) is 20.9 Å². The van der Waals surface area contributed by atoms with Gasteiger partial charge in [0.1, 0.15) is 0 Å². The zero-order valence-electron chi connectivity index (χ0n) is 14.0. The number of benzene rings is 1. The molecule has 1 aliphatic rings. The number of aromatic nitrogens is 2. The Hall–Kier alpha value is -2.14. The average molecular weight is 313 g/mol. The minimum absolute atomic E-state index is 0.524. The van der Waals surface area contributed by atoms with Crippen LogP contribution in [0, 0.1) is 13.8 Å². The Bertz CT molecular complexity index is 682. The van der Waals surface area contributed by atoms with Gasteiger partial charge in [-0.2, -0.15) is 0 Å². The minimum atomic E-state index is 0.524. The van der Waals surface area contributed by atoms with Gasteiger partial charge < -0.3 is 9.47 Å². The van der Waals surface area contributed by atoms with Gasteiger partial charge in [0, 0.05) is 12.7 Å². The molecule has 5 heteroatoms. The van der Waals surface area contributed by atoms with E-state index >= 15 is 0 Å². The summed E-state index contributed by atoms with van der Waals surface area (Å²) in [5.74, 6) is 1.92. The number of hydrogen-bond donors (Lipinski definition) is 0. The van der Waals surface area contributed by atoms with Crippen LogP contribution in [0.15, 0.2) is 24.4 Å². The molecular formula is C18H23N3O2. The normalized spacial score (nSPS) is 14.9. The van der Waals surface area contributed by atoms with Crippen molar-refractivity contribution in [1.82, 2.24) is 14.9 Å². The van der Waals surface area contributed by atoms with Crippen molar-refractivity contribution in [2.24, 2.45) is 0 Å². The number of rotatable bonds is 5. The van der Waals surface area contributed by atoms with E-state index in [1.165, 1.54) is 31.5 Å². The van der Waals surface area contributed by atoms with Crippen LogP contribution in [0.1, 0.15) is 29.8 Å². The van der Waals surface area contributed by atoms with Crippen molar-refractivity contribution in [3.8, 4) is 17.4 Å². The first-order valence-corrected chi connectivity index (χ1v) is 8.03. The summed E-state index contributed by atoms with van der Waals surface area (Å²) in [5.41, 5.74) is 2.83. The molecule has 2 aromatic rings. The first kappa shape index (κ1) is 15.7. The molecule has 5 nitrogen and oxygen atoms in total. The fraction of sp³-hybridized carbons (Fsp3) is 0.444. The highest BCUT2D eigenvalue weighted by Crippen LogP contribution is 2.33. The van der Waals surface area contributed by atoms with E-state index < -0.39 is 0 Å². The molecule has 0 radical (unpaired) electrons. The Morgan fingerprint density at radius 2 is 1.91 bits per heavy atom. The monoisotopic (exact) mass is 313 g/mol. The van der Waals surface area contributed by atoms with Crippen LogP contribution in [0.25, 0.3) is 0 Å². The lowest BCUT2D eigenvalue weighted by Gasteiger charge is -2.16. The third kappa shape index (κ3) is 3.79. The van der Waals surface area contributed by atoms with Crippen molar-refractivity contribution < 1.29 is 9.47 Å². The lowest BCUT2D eigenvalue weighted by atomic mass is 10.2. The average Bonchev–Trinajstić information content (AvgIpc) is 3.05. The van der Waals surface area contributed by atoms with Crippen molar-refractivity contribution in [3.05, 3.63) is 41.3 Å². The third-order valence-electron chi connectivity index (χ3n) is 4.07. The van der Waals surface area contributed by atoms with Crippen LogP contribution < -0.4 is 9.47 Å². The summed E-state index contributed by atoms with van der Waals surface area (Å²) in [6.07, 6.45) is 4.33. The first-order valence-electron chi connectivity index (χ1n) is 8.03. The lowest BCUT2D eigenvalue weighted by Crippen LogP contribution is -2.18. The molecule has 0 bridgehead atoms. The smallest absolute Gasteiger partial charge is 0.241 e. The van der Waals surface area contributed by atoms with E-state index in [4.69, 9.17) is 9.47 Å². The van der Waals surface area contributed by atoms with Crippen molar-refractivity contribution >= 4 is 0 Å². The summed E-state index contributed by atoms with van der Waals surface area (Å²) in [5, 5.41) is 0. The molecule has 0 amide bonds. The summed E-state index contributed by atoms with van der Waals surface area (Å²) in [4.78, 5) is 11.1. The van der Waals surface area contributed by atoms with Crippen LogP contribution in [-0.4, -0.2) is 35.1 Å². The molecule has 1 aromatic carbocycles. The number of aryl methyl sites for hydroxylation is 2. The highest BCUT2D eigenvalue weighted by Gasteiger charge is 2.14. The molecule has 23 heavy (non-hydrogen) atoms. The van der Waals surface area contributed by atoms with Crippen LogP contribution in [0.4, 0.5) is 0 Å². The zero-order valence-corrected chi connectivity index (χ0v) is 14.0. The maximum Gasteiger partial charge on any atom is 0.241 e. The molecule has 0 aliphatic carbocycles. The van der Waals surface area contributed by atoms with Crippen LogP contribution >= 0.6 is 0 Å². The second kappa shape index (κ2) is 6.96. The number of nitrogens with zero attached hydrogens (tertiary/aromatic N) is 3. The molecule has 1 saturated heterocycles. The van der Waals surface area contributed by atoms with E-state index in [0.717, 1.165) is 23.7 Å². The van der Waals surface area contributed by atoms with Crippen LogP contribution in [0.5, 0.6) is 17.4 Å². The van der Waals surface area contributed by atoms with Crippen LogP contribution in [-0.2, 0) is 6.54 Å². The maximum absolute atomic E-state index is 5.92. The van der Waals surface area contributed by atoms with Crippen molar-refractivity contribution in [3.63, 3.8) is 0 Å². The molecule has 0 saturated carbocycles. The Kier molecular flexibility index (Phi) is 4.76. The highest BCUT2D eigenvalue weighted by atomic mass is 16.5. The quantitative estimate of drug-likeness (QED) is 0.845. The number of methoxy groups -OCH3 is 1. The molecule has 122 valence electrons. The van der Waals surface area contributed by atoms with Crippen molar-refractivity contribution in [2.75, 3.05) is 20.2 Å². The SMILES string of the molecule is COc1cc(CN2CCCC2)ccc1Oc1nc(C)cnc1C. The van der Waals surface area contributed by atoms with Gasteiger partial charge in [-0.15, -0.1) is 0 Å². The van der Waals surface area contributed by atoms with Gasteiger partial charge in [0.05, 0.1) is 18.5 Å². The fourth-order valence-corrected chi connectivity index (χ4v) is 2.81. The highest BCUT2D eigenvalue weighted by molar-refractivity contribution is 5.45. The Morgan fingerprint density at radius 3 is 2.65 bits per heavy atom. The van der Waals surface area contributed by atoms with Crippen LogP contribution in [0.3, 0.4) is 0 Å². The van der Waals surface area contributed by atoms with Crippen molar-refractivity contribution in [1.29, 1.82) is 0 Å². The van der Waals surface area contributed by atoms with Gasteiger partial charge in [-0.05, 0) is 57.5 Å². The van der Waals surface area contributed by atoms with E-state index in [-0.39, 0.29) is 0 Å². The zero-order chi connectivity index (χ0) is 16.2. The molecule has 1 aromatic heterocycles. The van der Waals surface area contributed by atoms with E-state index in [0.29, 0.717) is 11.6 Å². The van der Waals surface area contributed by atoms with E-state index in [9.17, 15) is 0 Å². The van der Waals surface area contributed by atoms with Gasteiger partial charge in [0.25, 0.3) is 0 Å². The number of likely N-dealkylation sites (tertiary alicyclic amines) is 1. The largest absolute Gasteiger partial charge is 0.493 e. The molecule has 0 spiro atoms. The minimum Gasteiger partial charge on any atom is -0.493 e. The predicted molar refractivity (Wildman–Crippen MR) is 89.1 cm³/mol. The number of hydrogen-bond acceptors (Lipinski definition) is 5. The Labute approximate surface area is 137 Å². The summed E-state index contributed by atoms with van der Waals surface area (Å²) in [6.45, 7) is 7.10. The number of ether oxygens (including phenoxy) is 2.